The molecule has 0 unspecified atom stereocenters. The highest BCUT2D eigenvalue weighted by atomic mass is 32.1. The first kappa shape index (κ1) is 11.9. The molecule has 0 atom stereocenters. The Morgan fingerprint density at radius 2 is 1.94 bits per heavy atom. The molecule has 0 fully saturated rings. The summed E-state index contributed by atoms with van der Waals surface area (Å²) in [6, 6.07) is 4.31. The summed E-state index contributed by atoms with van der Waals surface area (Å²) in [5.41, 5.74) is 11.5. The summed E-state index contributed by atoms with van der Waals surface area (Å²) in [5.74, 6) is 0. The molecule has 90 valence electrons. The van der Waals surface area contributed by atoms with Gasteiger partial charge in [0, 0.05) is 23.2 Å². The molecule has 0 aliphatic heterocycles. The second-order valence-electron chi connectivity index (χ2n) is 4.09. The van der Waals surface area contributed by atoms with Crippen LogP contribution in [0.5, 0.6) is 0 Å². The molecule has 0 aliphatic rings. The number of thiazole rings is 1. The highest BCUT2D eigenvalue weighted by Gasteiger charge is 2.10. The second kappa shape index (κ2) is 4.75. The van der Waals surface area contributed by atoms with E-state index in [1.165, 1.54) is 28.0 Å². The Bertz CT molecular complexity index is 508. The van der Waals surface area contributed by atoms with Gasteiger partial charge in [-0.25, -0.2) is 4.98 Å². The van der Waals surface area contributed by atoms with Crippen LogP contribution in [0, 0.1) is 13.8 Å². The van der Waals surface area contributed by atoms with Crippen LogP contribution in [0.3, 0.4) is 0 Å². The molecular formula is C13H17N3S. The van der Waals surface area contributed by atoms with Crippen molar-refractivity contribution >= 4 is 22.2 Å². The Labute approximate surface area is 106 Å². The Kier molecular flexibility index (Phi) is 3.33. The molecule has 1 aromatic heterocycles. The van der Waals surface area contributed by atoms with E-state index in [4.69, 9.17) is 5.73 Å². The summed E-state index contributed by atoms with van der Waals surface area (Å²) in [6.45, 7) is 7.25. The summed E-state index contributed by atoms with van der Waals surface area (Å²) in [6.07, 6.45) is 0. The van der Waals surface area contributed by atoms with Crippen molar-refractivity contribution in [2.24, 2.45) is 0 Å². The lowest BCUT2D eigenvalue weighted by atomic mass is 9.99. The zero-order valence-electron chi connectivity index (χ0n) is 10.4. The van der Waals surface area contributed by atoms with E-state index in [2.05, 4.69) is 43.2 Å². The third-order valence-corrected chi connectivity index (χ3v) is 3.37. The molecule has 1 heterocycles. The first-order chi connectivity index (χ1) is 8.11. The van der Waals surface area contributed by atoms with E-state index in [9.17, 15) is 0 Å². The Morgan fingerprint density at radius 3 is 2.41 bits per heavy atom. The molecule has 0 radical (unpaired) electrons. The minimum atomic E-state index is 0.620. The van der Waals surface area contributed by atoms with Gasteiger partial charge in [-0.1, -0.05) is 0 Å². The van der Waals surface area contributed by atoms with Crippen LogP contribution < -0.4 is 11.1 Å². The van der Waals surface area contributed by atoms with E-state index < -0.39 is 0 Å². The zero-order chi connectivity index (χ0) is 12.4. The number of nitrogens with zero attached hydrogens (tertiary/aromatic N) is 1. The topological polar surface area (TPSA) is 50.9 Å². The van der Waals surface area contributed by atoms with Crippen molar-refractivity contribution < 1.29 is 0 Å². The normalized spacial score (nSPS) is 10.5. The van der Waals surface area contributed by atoms with Crippen LogP contribution in [-0.2, 0) is 0 Å². The van der Waals surface area contributed by atoms with E-state index in [-0.39, 0.29) is 0 Å². The summed E-state index contributed by atoms with van der Waals surface area (Å²) >= 11 is 1.48. The van der Waals surface area contributed by atoms with E-state index >= 15 is 0 Å². The summed E-state index contributed by atoms with van der Waals surface area (Å²) in [4.78, 5) is 4.35. The number of rotatable bonds is 3. The molecular weight excluding hydrogens is 230 g/mol. The van der Waals surface area contributed by atoms with Gasteiger partial charge in [-0.2, -0.15) is 0 Å². The van der Waals surface area contributed by atoms with Crippen LogP contribution in [0.25, 0.3) is 11.3 Å². The maximum absolute atomic E-state index is 5.69. The first-order valence-corrected chi connectivity index (χ1v) is 6.56. The predicted octanol–water partition coefficient (Wildman–Crippen LogP) is 3.44. The Balaban J connectivity index is 2.48. The van der Waals surface area contributed by atoms with E-state index in [1.54, 1.807) is 0 Å². The van der Waals surface area contributed by atoms with Crippen LogP contribution in [0.2, 0.25) is 0 Å². The highest BCUT2D eigenvalue weighted by Crippen LogP contribution is 2.31. The lowest BCUT2D eigenvalue weighted by molar-refractivity contribution is 1.20. The molecule has 2 aromatic rings. The lowest BCUT2D eigenvalue weighted by Gasteiger charge is -2.11. The van der Waals surface area contributed by atoms with Crippen molar-refractivity contribution in [1.82, 2.24) is 4.98 Å². The maximum Gasteiger partial charge on any atom is 0.180 e. The van der Waals surface area contributed by atoms with Gasteiger partial charge in [0.1, 0.15) is 0 Å². The Hall–Kier alpha value is -1.55. The van der Waals surface area contributed by atoms with E-state index in [0.29, 0.717) is 5.13 Å². The molecule has 1 aromatic carbocycles. The molecule has 0 spiro atoms. The van der Waals surface area contributed by atoms with Gasteiger partial charge in [0.05, 0.1) is 5.69 Å². The number of nitrogens with two attached hydrogens (primary N) is 1. The largest absolute Gasteiger partial charge is 0.385 e. The van der Waals surface area contributed by atoms with Crippen LogP contribution in [-0.4, -0.2) is 11.5 Å². The standard InChI is InChI=1S/C13H17N3S/c1-4-15-10-5-8(2)12(9(3)6-10)11-7-17-13(14)16-11/h5-7,15H,4H2,1-3H3,(H2,14,16). The fraction of sp³-hybridized carbons (Fsp3) is 0.308. The van der Waals surface area contributed by atoms with Crippen molar-refractivity contribution in [3.63, 3.8) is 0 Å². The van der Waals surface area contributed by atoms with Gasteiger partial charge in [0.15, 0.2) is 5.13 Å². The number of anilines is 2. The summed E-state index contributed by atoms with van der Waals surface area (Å²) in [5, 5.41) is 5.96. The number of aromatic nitrogens is 1. The monoisotopic (exact) mass is 247 g/mol. The molecule has 0 bridgehead atoms. The molecule has 3 N–H and O–H groups in total. The van der Waals surface area contributed by atoms with Gasteiger partial charge in [-0.05, 0) is 44.0 Å². The fourth-order valence-electron chi connectivity index (χ4n) is 2.08. The Morgan fingerprint density at radius 1 is 1.29 bits per heavy atom. The summed E-state index contributed by atoms with van der Waals surface area (Å²) in [7, 11) is 0. The van der Waals surface area contributed by atoms with Gasteiger partial charge in [0.25, 0.3) is 0 Å². The van der Waals surface area contributed by atoms with Crippen molar-refractivity contribution in [1.29, 1.82) is 0 Å². The smallest absolute Gasteiger partial charge is 0.180 e. The zero-order valence-corrected chi connectivity index (χ0v) is 11.2. The number of nitrogen functional groups attached to an aromatic ring is 1. The average molecular weight is 247 g/mol. The lowest BCUT2D eigenvalue weighted by Crippen LogP contribution is -1.99. The summed E-state index contributed by atoms with van der Waals surface area (Å²) < 4.78 is 0. The number of hydrogen-bond acceptors (Lipinski definition) is 4. The highest BCUT2D eigenvalue weighted by molar-refractivity contribution is 7.13. The molecule has 4 heteroatoms. The molecule has 0 aliphatic carbocycles. The average Bonchev–Trinajstić information content (AvgIpc) is 2.64. The van der Waals surface area contributed by atoms with Gasteiger partial charge in [0.2, 0.25) is 0 Å². The van der Waals surface area contributed by atoms with Crippen LogP contribution in [0.1, 0.15) is 18.1 Å². The number of hydrogen-bond donors (Lipinski definition) is 2. The fourth-order valence-corrected chi connectivity index (χ4v) is 2.63. The quantitative estimate of drug-likeness (QED) is 0.873. The minimum Gasteiger partial charge on any atom is -0.385 e. The SMILES string of the molecule is CCNc1cc(C)c(-c2csc(N)n2)c(C)c1. The molecule has 17 heavy (non-hydrogen) atoms. The van der Waals surface area contributed by atoms with Gasteiger partial charge < -0.3 is 11.1 Å². The minimum absolute atomic E-state index is 0.620. The number of nitrogens with one attached hydrogen (secondary N) is 1. The molecule has 3 nitrogen and oxygen atoms in total. The van der Waals surface area contributed by atoms with E-state index in [0.717, 1.165) is 17.9 Å². The number of benzene rings is 1. The van der Waals surface area contributed by atoms with Crippen molar-refractivity contribution in [2.45, 2.75) is 20.8 Å². The molecule has 0 saturated heterocycles. The second-order valence-corrected chi connectivity index (χ2v) is 4.98. The molecule has 2 rings (SSSR count). The third kappa shape index (κ3) is 2.42. The third-order valence-electron chi connectivity index (χ3n) is 2.69. The van der Waals surface area contributed by atoms with Gasteiger partial charge in [-0.3, -0.25) is 0 Å². The molecule has 0 amide bonds. The van der Waals surface area contributed by atoms with E-state index in [1.807, 2.05) is 5.38 Å². The van der Waals surface area contributed by atoms with Gasteiger partial charge in [-0.15, -0.1) is 11.3 Å². The van der Waals surface area contributed by atoms with Crippen molar-refractivity contribution in [3.05, 3.63) is 28.6 Å². The first-order valence-electron chi connectivity index (χ1n) is 5.68. The van der Waals surface area contributed by atoms with Gasteiger partial charge >= 0.3 is 0 Å². The number of aryl methyl sites for hydroxylation is 2. The van der Waals surface area contributed by atoms with Crippen LogP contribution in [0.15, 0.2) is 17.5 Å². The van der Waals surface area contributed by atoms with Crippen molar-refractivity contribution in [2.75, 3.05) is 17.6 Å². The predicted molar refractivity (Wildman–Crippen MR) is 75.6 cm³/mol. The molecule has 0 saturated carbocycles. The van der Waals surface area contributed by atoms with Crippen LogP contribution in [0.4, 0.5) is 10.8 Å². The van der Waals surface area contributed by atoms with Crippen molar-refractivity contribution in [3.8, 4) is 11.3 Å². The van der Waals surface area contributed by atoms with Crippen LogP contribution >= 0.6 is 11.3 Å². The maximum atomic E-state index is 5.69.